The second-order valence-electron chi connectivity index (χ2n) is 11.9. The molecule has 2 atom stereocenters. The summed E-state index contributed by atoms with van der Waals surface area (Å²) >= 11 is 0. The third kappa shape index (κ3) is 32.7. The van der Waals surface area contributed by atoms with Gasteiger partial charge in [-0.25, -0.2) is 0 Å². The van der Waals surface area contributed by atoms with E-state index >= 15 is 0 Å². The maximum Gasteiger partial charge on any atom is 0.220 e. The second kappa shape index (κ2) is 36.8. The van der Waals surface area contributed by atoms with E-state index in [2.05, 4.69) is 104 Å². The maximum absolute atomic E-state index is 12.3. The highest BCUT2D eigenvalue weighted by molar-refractivity contribution is 5.76. The molecule has 4 heteroatoms. The number of aliphatic hydroxyl groups excluding tert-OH is 2. The van der Waals surface area contributed by atoms with Gasteiger partial charge in [-0.05, 0) is 83.5 Å². The normalized spacial score (nSPS) is 14.3. The molecule has 3 N–H and O–H groups in total. The van der Waals surface area contributed by atoms with Crippen LogP contribution in [0, 0.1) is 0 Å². The van der Waals surface area contributed by atoms with Crippen molar-refractivity contribution >= 4 is 5.91 Å². The average Bonchev–Trinajstić information content (AvgIpc) is 3.06. The number of unbranched alkanes of at least 4 members (excludes halogenated alkanes) is 10. The van der Waals surface area contributed by atoms with Crippen LogP contribution in [0.3, 0.4) is 0 Å². The Bertz CT molecular complexity index is 906. The minimum absolute atomic E-state index is 0.0980. The van der Waals surface area contributed by atoms with Crippen LogP contribution in [0.15, 0.2) is 97.2 Å². The zero-order valence-corrected chi connectivity index (χ0v) is 29.5. The van der Waals surface area contributed by atoms with Crippen molar-refractivity contribution in [3.63, 3.8) is 0 Å². The van der Waals surface area contributed by atoms with Crippen LogP contribution in [-0.4, -0.2) is 34.9 Å². The Morgan fingerprint density at radius 2 is 0.978 bits per heavy atom. The fourth-order valence-corrected chi connectivity index (χ4v) is 4.72. The van der Waals surface area contributed by atoms with Crippen LogP contribution in [0.2, 0.25) is 0 Å². The number of allylic oxidation sites excluding steroid dienone is 15. The molecule has 2 unspecified atom stereocenters. The predicted molar refractivity (Wildman–Crippen MR) is 202 cm³/mol. The number of hydrogen-bond acceptors (Lipinski definition) is 3. The first-order chi connectivity index (χ1) is 22.7. The Hall–Kier alpha value is -2.69. The second-order valence-corrected chi connectivity index (χ2v) is 11.9. The van der Waals surface area contributed by atoms with Crippen LogP contribution < -0.4 is 5.32 Å². The van der Waals surface area contributed by atoms with Gasteiger partial charge in [0.25, 0.3) is 0 Å². The summed E-state index contributed by atoms with van der Waals surface area (Å²) in [6, 6.07) is -0.651. The molecule has 46 heavy (non-hydrogen) atoms. The number of nitrogens with one attached hydrogen (secondary N) is 1. The van der Waals surface area contributed by atoms with Crippen LogP contribution in [0.4, 0.5) is 0 Å². The minimum Gasteiger partial charge on any atom is -0.394 e. The van der Waals surface area contributed by atoms with Crippen molar-refractivity contribution in [2.24, 2.45) is 0 Å². The van der Waals surface area contributed by atoms with Gasteiger partial charge in [0.1, 0.15) is 0 Å². The van der Waals surface area contributed by atoms with Gasteiger partial charge < -0.3 is 15.5 Å². The zero-order chi connectivity index (χ0) is 33.6. The van der Waals surface area contributed by atoms with E-state index in [1.54, 1.807) is 6.08 Å². The summed E-state index contributed by atoms with van der Waals surface area (Å²) in [5.74, 6) is -0.0980. The zero-order valence-electron chi connectivity index (χ0n) is 29.5. The highest BCUT2D eigenvalue weighted by atomic mass is 16.3. The number of amides is 1. The number of rotatable bonds is 31. The molecule has 0 aliphatic heterocycles. The lowest BCUT2D eigenvalue weighted by Crippen LogP contribution is -2.45. The molecule has 0 rings (SSSR count). The van der Waals surface area contributed by atoms with Gasteiger partial charge in [0, 0.05) is 6.42 Å². The Labute approximate surface area is 283 Å². The monoisotopic (exact) mass is 636 g/mol. The summed E-state index contributed by atoms with van der Waals surface area (Å²) in [6.45, 7) is 4.10. The summed E-state index contributed by atoms with van der Waals surface area (Å²) in [7, 11) is 0. The highest BCUT2D eigenvalue weighted by Crippen LogP contribution is 2.10. The highest BCUT2D eigenvalue weighted by Gasteiger charge is 2.17. The van der Waals surface area contributed by atoms with Gasteiger partial charge in [-0.15, -0.1) is 0 Å². The summed E-state index contributed by atoms with van der Waals surface area (Å²) in [5.41, 5.74) is 0. The average molecular weight is 636 g/mol. The van der Waals surface area contributed by atoms with E-state index in [4.69, 9.17) is 0 Å². The fraction of sp³-hybridized carbons (Fsp3) is 0.595. The molecule has 0 spiro atoms. The molecular formula is C42H69NO3. The Balaban J connectivity index is 3.71. The number of aliphatic hydroxyl groups is 2. The molecule has 0 fully saturated rings. The molecule has 0 aromatic carbocycles. The summed E-state index contributed by atoms with van der Waals surface area (Å²) in [6.07, 6.45) is 55.0. The molecule has 0 heterocycles. The first-order valence-electron chi connectivity index (χ1n) is 18.5. The van der Waals surface area contributed by atoms with Gasteiger partial charge in [0.2, 0.25) is 5.91 Å². The van der Waals surface area contributed by atoms with E-state index in [0.29, 0.717) is 6.42 Å². The fourth-order valence-electron chi connectivity index (χ4n) is 4.72. The van der Waals surface area contributed by atoms with E-state index in [1.807, 2.05) is 6.08 Å². The lowest BCUT2D eigenvalue weighted by atomic mass is 10.1. The molecule has 0 bridgehead atoms. The lowest BCUT2D eigenvalue weighted by Gasteiger charge is -2.19. The quantitative estimate of drug-likeness (QED) is 0.0524. The van der Waals surface area contributed by atoms with Crippen LogP contribution in [-0.2, 0) is 4.79 Å². The molecule has 0 aromatic rings. The van der Waals surface area contributed by atoms with Gasteiger partial charge in [-0.2, -0.15) is 0 Å². The third-order valence-corrected chi connectivity index (χ3v) is 7.55. The summed E-state index contributed by atoms with van der Waals surface area (Å²) in [5, 5.41) is 22.7. The van der Waals surface area contributed by atoms with Crippen molar-refractivity contribution in [2.45, 2.75) is 154 Å². The predicted octanol–water partition coefficient (Wildman–Crippen LogP) is 11.1. The standard InChI is InChI=1S/C42H69NO3/c1-3-5-7-9-11-13-14-15-16-17-18-19-20-21-22-23-24-25-26-27-28-30-32-34-36-38-42(46)43-40(39-44)41(45)37-35-33-31-29-12-10-8-6-4-2/h5,7,11-13,15-16,18-19,21-22,24-25,29,35,37,40-41,44-45H,3-4,6,8-10,14,17,20,23,26-28,30-34,36,38-39H2,1-2H3,(H,43,46)/b7-5-,13-11-,16-15-,19-18-,22-21-,25-24-,29-12+,37-35+. The van der Waals surface area contributed by atoms with Crippen molar-refractivity contribution in [1.29, 1.82) is 0 Å². The molecule has 0 aliphatic carbocycles. The lowest BCUT2D eigenvalue weighted by molar-refractivity contribution is -0.123. The molecule has 0 aliphatic rings. The maximum atomic E-state index is 12.3. The first kappa shape index (κ1) is 43.3. The molecule has 0 aromatic heterocycles. The third-order valence-electron chi connectivity index (χ3n) is 7.55. The van der Waals surface area contributed by atoms with Crippen LogP contribution in [0.1, 0.15) is 142 Å². The van der Waals surface area contributed by atoms with Crippen molar-refractivity contribution in [1.82, 2.24) is 5.32 Å². The molecule has 260 valence electrons. The van der Waals surface area contributed by atoms with E-state index in [0.717, 1.165) is 83.5 Å². The largest absolute Gasteiger partial charge is 0.394 e. The Morgan fingerprint density at radius 3 is 1.52 bits per heavy atom. The number of carbonyl (C=O) groups is 1. The van der Waals surface area contributed by atoms with E-state index in [-0.39, 0.29) is 12.5 Å². The van der Waals surface area contributed by atoms with Gasteiger partial charge in [0.15, 0.2) is 0 Å². The smallest absolute Gasteiger partial charge is 0.220 e. The van der Waals surface area contributed by atoms with E-state index < -0.39 is 12.1 Å². The van der Waals surface area contributed by atoms with Crippen molar-refractivity contribution in [3.05, 3.63) is 97.2 Å². The molecule has 0 saturated carbocycles. The van der Waals surface area contributed by atoms with E-state index in [1.165, 1.54) is 38.5 Å². The SMILES string of the molecule is CC/C=C\C/C=C\C/C=C\C/C=C\C/C=C\C/C=C\CCCCCCCCC(=O)NC(CO)C(O)/C=C/CC/C=C/CCCCC. The van der Waals surface area contributed by atoms with Gasteiger partial charge >= 0.3 is 0 Å². The molecular weight excluding hydrogens is 566 g/mol. The van der Waals surface area contributed by atoms with Crippen LogP contribution in [0.5, 0.6) is 0 Å². The molecule has 4 nitrogen and oxygen atoms in total. The Morgan fingerprint density at radius 1 is 0.543 bits per heavy atom. The summed E-state index contributed by atoms with van der Waals surface area (Å²) < 4.78 is 0. The van der Waals surface area contributed by atoms with Gasteiger partial charge in [0.05, 0.1) is 18.8 Å². The van der Waals surface area contributed by atoms with Crippen molar-refractivity contribution in [3.8, 4) is 0 Å². The van der Waals surface area contributed by atoms with E-state index in [9.17, 15) is 15.0 Å². The van der Waals surface area contributed by atoms with Crippen LogP contribution >= 0.6 is 0 Å². The minimum atomic E-state index is -0.872. The van der Waals surface area contributed by atoms with Crippen molar-refractivity contribution in [2.75, 3.05) is 6.61 Å². The summed E-state index contributed by atoms with van der Waals surface area (Å²) in [4.78, 5) is 12.3. The Kier molecular flexibility index (Phi) is 34.6. The number of hydrogen-bond donors (Lipinski definition) is 3. The topological polar surface area (TPSA) is 69.6 Å². The first-order valence-corrected chi connectivity index (χ1v) is 18.5. The van der Waals surface area contributed by atoms with Gasteiger partial charge in [-0.3, -0.25) is 4.79 Å². The van der Waals surface area contributed by atoms with Crippen LogP contribution in [0.25, 0.3) is 0 Å². The molecule has 0 radical (unpaired) electrons. The molecule has 1 amide bonds. The molecule has 0 saturated heterocycles. The number of carbonyl (C=O) groups excluding carboxylic acids is 1. The van der Waals surface area contributed by atoms with Gasteiger partial charge in [-0.1, -0.05) is 150 Å². The van der Waals surface area contributed by atoms with Crippen molar-refractivity contribution < 1.29 is 15.0 Å².